The molecule has 1 fully saturated rings. The number of rotatable bonds is 9. The Morgan fingerprint density at radius 3 is 2.49 bits per heavy atom. The van der Waals surface area contributed by atoms with Crippen molar-refractivity contribution in [1.82, 2.24) is 19.5 Å². The molecule has 0 saturated carbocycles. The Morgan fingerprint density at radius 2 is 1.80 bits per heavy atom. The van der Waals surface area contributed by atoms with Gasteiger partial charge in [-0.2, -0.15) is 0 Å². The van der Waals surface area contributed by atoms with Crippen molar-refractivity contribution in [2.24, 2.45) is 0 Å². The van der Waals surface area contributed by atoms with E-state index in [9.17, 15) is 24.2 Å². The molecule has 3 heterocycles. The molecule has 1 aliphatic rings. The minimum absolute atomic E-state index is 0.304. The van der Waals surface area contributed by atoms with Crippen molar-refractivity contribution in [3.05, 3.63) is 48.0 Å². The zero-order chi connectivity index (χ0) is 25.4. The van der Waals surface area contributed by atoms with Gasteiger partial charge < -0.3 is 39.5 Å². The summed E-state index contributed by atoms with van der Waals surface area (Å²) in [7, 11) is -9.47. The third kappa shape index (κ3) is 6.12. The van der Waals surface area contributed by atoms with Crippen LogP contribution >= 0.6 is 15.2 Å². The van der Waals surface area contributed by atoms with E-state index in [2.05, 4.69) is 20.3 Å². The molecule has 1 unspecified atom stereocenters. The predicted octanol–water partition coefficient (Wildman–Crippen LogP) is 0.703. The average molecular weight is 529 g/mol. The SMILES string of the molecule is Cc1ccc(CNc2ncnc3c2ncn3[C@@H]2O[C@H](COP(=O)(O)CP(=O)(O)O)[C@@H](O)[C@H]2O)cc1. The highest BCUT2D eigenvalue weighted by atomic mass is 31.2. The van der Waals surface area contributed by atoms with Gasteiger partial charge in [0.2, 0.25) is 0 Å². The highest BCUT2D eigenvalue weighted by molar-refractivity contribution is 7.70. The average Bonchev–Trinajstić information content (AvgIpc) is 3.32. The normalized spacial score (nSPS) is 24.5. The fraction of sp³-hybridized carbons (Fsp3) is 0.421. The summed E-state index contributed by atoms with van der Waals surface area (Å²) < 4.78 is 34.6. The molecule has 190 valence electrons. The molecule has 2 aromatic heterocycles. The molecule has 0 radical (unpaired) electrons. The van der Waals surface area contributed by atoms with E-state index >= 15 is 0 Å². The maximum absolute atomic E-state index is 11.9. The lowest BCUT2D eigenvalue weighted by molar-refractivity contribution is -0.0483. The van der Waals surface area contributed by atoms with E-state index in [1.165, 1.54) is 17.2 Å². The second-order valence-electron chi connectivity index (χ2n) is 8.17. The number of aromatic nitrogens is 4. The van der Waals surface area contributed by atoms with Crippen molar-refractivity contribution in [2.75, 3.05) is 17.8 Å². The molecule has 16 heteroatoms. The molecule has 1 aromatic carbocycles. The van der Waals surface area contributed by atoms with Gasteiger partial charge in [-0.15, -0.1) is 0 Å². The molecule has 0 amide bonds. The van der Waals surface area contributed by atoms with Crippen LogP contribution in [-0.4, -0.2) is 75.2 Å². The second kappa shape index (κ2) is 10.0. The smallest absolute Gasteiger partial charge is 0.340 e. The van der Waals surface area contributed by atoms with Gasteiger partial charge in [-0.3, -0.25) is 13.7 Å². The van der Waals surface area contributed by atoms with E-state index in [0.29, 0.717) is 23.5 Å². The summed E-state index contributed by atoms with van der Waals surface area (Å²) in [5.74, 6) is -0.933. The Hall–Kier alpha value is -2.25. The Balaban J connectivity index is 1.48. The molecule has 6 N–H and O–H groups in total. The third-order valence-electron chi connectivity index (χ3n) is 5.35. The molecular formula is C19H25N5O9P2. The summed E-state index contributed by atoms with van der Waals surface area (Å²) in [6.07, 6.45) is -2.76. The first kappa shape index (κ1) is 25.8. The molecule has 0 bridgehead atoms. The summed E-state index contributed by atoms with van der Waals surface area (Å²) in [5.41, 5.74) is 2.87. The molecular weight excluding hydrogens is 504 g/mol. The number of imidazole rings is 1. The molecule has 14 nitrogen and oxygen atoms in total. The summed E-state index contributed by atoms with van der Waals surface area (Å²) in [6, 6.07) is 7.95. The first-order valence-corrected chi connectivity index (χ1v) is 14.0. The van der Waals surface area contributed by atoms with Gasteiger partial charge in [-0.1, -0.05) is 29.8 Å². The van der Waals surface area contributed by atoms with Crippen LogP contribution in [0.4, 0.5) is 5.82 Å². The molecule has 1 saturated heterocycles. The Kier molecular flexibility index (Phi) is 7.39. The number of fused-ring (bicyclic) bond motifs is 1. The lowest BCUT2D eigenvalue weighted by Crippen LogP contribution is -2.33. The third-order valence-corrected chi connectivity index (χ3v) is 8.81. The van der Waals surface area contributed by atoms with Gasteiger partial charge in [-0.25, -0.2) is 15.0 Å². The van der Waals surface area contributed by atoms with Crippen molar-refractivity contribution in [3.63, 3.8) is 0 Å². The second-order valence-corrected chi connectivity index (χ2v) is 12.2. The number of nitrogens with zero attached hydrogens (tertiary/aromatic N) is 4. The first-order chi connectivity index (χ1) is 16.4. The van der Waals surface area contributed by atoms with Gasteiger partial charge in [0.05, 0.1) is 12.9 Å². The van der Waals surface area contributed by atoms with Crippen molar-refractivity contribution in [2.45, 2.75) is 38.0 Å². The maximum atomic E-state index is 11.9. The molecule has 0 aliphatic carbocycles. The van der Waals surface area contributed by atoms with Crippen LogP contribution in [0.2, 0.25) is 0 Å². The highest BCUT2D eigenvalue weighted by Crippen LogP contribution is 2.55. The van der Waals surface area contributed by atoms with E-state index in [1.54, 1.807) is 0 Å². The van der Waals surface area contributed by atoms with Crippen LogP contribution in [0.3, 0.4) is 0 Å². The van der Waals surface area contributed by atoms with Gasteiger partial charge in [0.1, 0.15) is 24.6 Å². The Labute approximate surface area is 199 Å². The van der Waals surface area contributed by atoms with Gasteiger partial charge >= 0.3 is 15.2 Å². The minimum Gasteiger partial charge on any atom is -0.387 e. The number of benzene rings is 1. The molecule has 1 aliphatic heterocycles. The number of nitrogens with one attached hydrogen (secondary N) is 1. The summed E-state index contributed by atoms with van der Waals surface area (Å²) in [4.78, 5) is 40.1. The number of hydrogen-bond acceptors (Lipinski definition) is 10. The van der Waals surface area contributed by atoms with Crippen LogP contribution in [0.5, 0.6) is 0 Å². The van der Waals surface area contributed by atoms with Gasteiger partial charge in [0.25, 0.3) is 0 Å². The van der Waals surface area contributed by atoms with E-state index in [0.717, 1.165) is 11.1 Å². The maximum Gasteiger partial charge on any atom is 0.340 e. The van der Waals surface area contributed by atoms with Crippen LogP contribution in [0, 0.1) is 6.92 Å². The van der Waals surface area contributed by atoms with Crippen LogP contribution in [0.1, 0.15) is 17.4 Å². The number of aliphatic hydroxyl groups is 2. The number of aryl methyl sites for hydroxylation is 1. The molecule has 35 heavy (non-hydrogen) atoms. The topological polar surface area (TPSA) is 209 Å². The van der Waals surface area contributed by atoms with Crippen LogP contribution in [0.15, 0.2) is 36.9 Å². The zero-order valence-electron chi connectivity index (χ0n) is 18.4. The van der Waals surface area contributed by atoms with E-state index in [1.807, 2.05) is 31.2 Å². The molecule has 5 atom stereocenters. The lowest BCUT2D eigenvalue weighted by atomic mass is 10.1. The molecule has 0 spiro atoms. The molecule has 4 rings (SSSR count). The van der Waals surface area contributed by atoms with E-state index in [4.69, 9.17) is 19.0 Å². The van der Waals surface area contributed by atoms with E-state index in [-0.39, 0.29) is 0 Å². The lowest BCUT2D eigenvalue weighted by Gasteiger charge is -2.18. The summed E-state index contributed by atoms with van der Waals surface area (Å²) in [6.45, 7) is 1.79. The largest absolute Gasteiger partial charge is 0.387 e. The van der Waals surface area contributed by atoms with Gasteiger partial charge in [0, 0.05) is 6.54 Å². The fourth-order valence-corrected chi connectivity index (χ4v) is 6.19. The summed E-state index contributed by atoms with van der Waals surface area (Å²) in [5, 5.41) is 24.1. The highest BCUT2D eigenvalue weighted by Gasteiger charge is 2.45. The van der Waals surface area contributed by atoms with Crippen molar-refractivity contribution in [1.29, 1.82) is 0 Å². The van der Waals surface area contributed by atoms with Crippen LogP contribution in [0.25, 0.3) is 11.2 Å². The number of anilines is 1. The standard InChI is InChI=1S/C19H25N5O9P2/c1-11-2-4-12(5-3-11)6-20-17-14-18(22-8-21-17)24(9-23-14)19-16(26)15(25)13(33-19)7-32-35(30,31)10-34(27,28)29/h2-5,8-9,13,15-16,19,25-26H,6-7,10H2,1H3,(H,30,31)(H,20,21,22)(H2,27,28,29)/t13-,15-,16-,19-/m1/s1. The molecule has 3 aromatic rings. The van der Waals surface area contributed by atoms with Crippen molar-refractivity contribution >= 4 is 32.2 Å². The van der Waals surface area contributed by atoms with E-state index < -0.39 is 52.2 Å². The minimum atomic E-state index is -4.81. The Morgan fingerprint density at radius 1 is 1.09 bits per heavy atom. The summed E-state index contributed by atoms with van der Waals surface area (Å²) >= 11 is 0. The van der Waals surface area contributed by atoms with Crippen molar-refractivity contribution in [3.8, 4) is 0 Å². The number of aliphatic hydroxyl groups excluding tert-OH is 2. The number of ether oxygens (including phenoxy) is 1. The van der Waals surface area contributed by atoms with Crippen LogP contribution < -0.4 is 5.32 Å². The number of hydrogen-bond donors (Lipinski definition) is 6. The van der Waals surface area contributed by atoms with Gasteiger partial charge in [0.15, 0.2) is 29.1 Å². The predicted molar refractivity (Wildman–Crippen MR) is 122 cm³/mol. The first-order valence-electron chi connectivity index (χ1n) is 10.4. The van der Waals surface area contributed by atoms with Crippen LogP contribution in [-0.2, 0) is 24.9 Å². The Bertz CT molecular complexity index is 1280. The quantitative estimate of drug-likeness (QED) is 0.211. The monoisotopic (exact) mass is 529 g/mol. The fourth-order valence-electron chi connectivity index (χ4n) is 3.62. The van der Waals surface area contributed by atoms with Gasteiger partial charge in [-0.05, 0) is 12.5 Å². The van der Waals surface area contributed by atoms with Crippen molar-refractivity contribution < 1.29 is 43.3 Å². The zero-order valence-corrected chi connectivity index (χ0v) is 20.2.